The molecule has 28 heavy (non-hydrogen) atoms. The first kappa shape index (κ1) is 18.8. The molecule has 4 rings (SSSR count). The van der Waals surface area contributed by atoms with E-state index in [0.717, 1.165) is 18.8 Å². The van der Waals surface area contributed by atoms with Gasteiger partial charge in [0.25, 0.3) is 0 Å². The van der Waals surface area contributed by atoms with Crippen molar-refractivity contribution in [3.05, 3.63) is 59.1 Å². The van der Waals surface area contributed by atoms with E-state index in [-0.39, 0.29) is 11.8 Å². The van der Waals surface area contributed by atoms with Crippen LogP contribution < -0.4 is 9.80 Å². The summed E-state index contributed by atoms with van der Waals surface area (Å²) in [5, 5.41) is 0.634. The van der Waals surface area contributed by atoms with Gasteiger partial charge in [-0.2, -0.15) is 0 Å². The van der Waals surface area contributed by atoms with Gasteiger partial charge in [-0.1, -0.05) is 23.7 Å². The van der Waals surface area contributed by atoms with Gasteiger partial charge >= 0.3 is 0 Å². The zero-order valence-electron chi connectivity index (χ0n) is 16.0. The van der Waals surface area contributed by atoms with Crippen molar-refractivity contribution in [3.8, 4) is 0 Å². The smallest absolute Gasteiger partial charge is 0.239 e. The molecule has 0 saturated carbocycles. The Morgan fingerprint density at radius 2 is 1.68 bits per heavy atom. The largest absolute Gasteiger partial charge is 0.368 e. The van der Waals surface area contributed by atoms with Crippen LogP contribution in [-0.2, 0) is 9.59 Å². The average Bonchev–Trinajstić information content (AvgIpc) is 3.09. The van der Waals surface area contributed by atoms with Gasteiger partial charge in [0.1, 0.15) is 5.92 Å². The third kappa shape index (κ3) is 3.72. The zero-order chi connectivity index (χ0) is 19.7. The van der Waals surface area contributed by atoms with Crippen molar-refractivity contribution in [2.24, 2.45) is 5.92 Å². The molecule has 0 radical (unpaired) electrons. The molecule has 0 bridgehead atoms. The van der Waals surface area contributed by atoms with Crippen molar-refractivity contribution in [2.45, 2.75) is 13.3 Å². The highest BCUT2D eigenvalue weighted by Crippen LogP contribution is 2.28. The minimum atomic E-state index is -0.568. The molecular weight excluding hydrogens is 374 g/mol. The molecule has 2 aromatic carbocycles. The molecule has 2 aromatic rings. The number of benzene rings is 2. The van der Waals surface area contributed by atoms with E-state index in [1.54, 1.807) is 17.0 Å². The van der Waals surface area contributed by atoms with Gasteiger partial charge in [-0.3, -0.25) is 9.59 Å². The van der Waals surface area contributed by atoms with Gasteiger partial charge < -0.3 is 14.7 Å². The van der Waals surface area contributed by atoms with Crippen LogP contribution in [0.1, 0.15) is 12.0 Å². The van der Waals surface area contributed by atoms with E-state index in [1.165, 1.54) is 11.3 Å². The van der Waals surface area contributed by atoms with Crippen LogP contribution in [0.5, 0.6) is 0 Å². The third-order valence-electron chi connectivity index (χ3n) is 5.60. The number of halogens is 1. The fourth-order valence-electron chi connectivity index (χ4n) is 4.02. The van der Waals surface area contributed by atoms with Crippen LogP contribution in [0.4, 0.5) is 11.4 Å². The highest BCUT2D eigenvalue weighted by atomic mass is 35.5. The lowest BCUT2D eigenvalue weighted by atomic mass is 10.1. The summed E-state index contributed by atoms with van der Waals surface area (Å²) in [7, 11) is 0. The summed E-state index contributed by atoms with van der Waals surface area (Å²) in [5.74, 6) is -0.708. The van der Waals surface area contributed by atoms with Gasteiger partial charge in [0.15, 0.2) is 0 Å². The van der Waals surface area contributed by atoms with E-state index in [1.807, 2.05) is 17.0 Å². The highest BCUT2D eigenvalue weighted by Gasteiger charge is 2.40. The first-order valence-electron chi connectivity index (χ1n) is 9.70. The number of piperazine rings is 1. The molecule has 2 aliphatic heterocycles. The molecule has 2 fully saturated rings. The maximum atomic E-state index is 13.0. The molecule has 2 amide bonds. The molecule has 6 heteroatoms. The van der Waals surface area contributed by atoms with E-state index in [2.05, 4.69) is 36.1 Å². The molecule has 2 heterocycles. The molecule has 2 saturated heterocycles. The van der Waals surface area contributed by atoms with Gasteiger partial charge in [-0.25, -0.2) is 0 Å². The summed E-state index contributed by atoms with van der Waals surface area (Å²) in [6.07, 6.45) is 0.568. The van der Waals surface area contributed by atoms with Crippen molar-refractivity contribution in [1.82, 2.24) is 4.90 Å². The Labute approximate surface area is 170 Å². The molecule has 146 valence electrons. The number of carbonyl (C=O) groups is 2. The number of amides is 2. The Morgan fingerprint density at radius 1 is 0.964 bits per heavy atom. The number of rotatable bonds is 3. The second-order valence-electron chi connectivity index (χ2n) is 7.46. The van der Waals surface area contributed by atoms with E-state index in [0.29, 0.717) is 31.1 Å². The fourth-order valence-corrected chi connectivity index (χ4v) is 4.14. The van der Waals surface area contributed by atoms with Crippen LogP contribution in [0.3, 0.4) is 0 Å². The van der Waals surface area contributed by atoms with Crippen molar-refractivity contribution in [3.63, 3.8) is 0 Å². The SMILES string of the molecule is Cc1cccc(N2CCN(C(=O)C3CCN(c4ccc(Cl)cc4)C3=O)CC2)c1. The number of hydrogen-bond acceptors (Lipinski definition) is 3. The number of carbonyl (C=O) groups excluding carboxylic acids is 2. The molecule has 2 aliphatic rings. The molecule has 0 aliphatic carbocycles. The first-order valence-corrected chi connectivity index (χ1v) is 10.1. The molecular formula is C22H24ClN3O2. The van der Waals surface area contributed by atoms with Crippen LogP contribution >= 0.6 is 11.6 Å². The molecule has 1 atom stereocenters. The fraction of sp³-hybridized carbons (Fsp3) is 0.364. The zero-order valence-corrected chi connectivity index (χ0v) is 16.7. The molecule has 0 spiro atoms. The van der Waals surface area contributed by atoms with E-state index in [9.17, 15) is 9.59 Å². The van der Waals surface area contributed by atoms with Crippen LogP contribution in [0.15, 0.2) is 48.5 Å². The maximum absolute atomic E-state index is 13.0. The summed E-state index contributed by atoms with van der Waals surface area (Å²) in [4.78, 5) is 31.7. The Bertz CT molecular complexity index is 876. The Kier molecular flexibility index (Phi) is 5.27. The molecule has 1 unspecified atom stereocenters. The highest BCUT2D eigenvalue weighted by molar-refractivity contribution is 6.30. The predicted octanol–water partition coefficient (Wildman–Crippen LogP) is 3.35. The van der Waals surface area contributed by atoms with Gasteiger partial charge in [0.05, 0.1) is 0 Å². The first-order chi connectivity index (χ1) is 13.5. The molecule has 0 aromatic heterocycles. The second kappa shape index (κ2) is 7.84. The van der Waals surface area contributed by atoms with Gasteiger partial charge in [0, 0.05) is 49.1 Å². The number of hydrogen-bond donors (Lipinski definition) is 0. The average molecular weight is 398 g/mol. The number of nitrogens with zero attached hydrogens (tertiary/aromatic N) is 3. The Hall–Kier alpha value is -2.53. The lowest BCUT2D eigenvalue weighted by molar-refractivity contribution is -0.140. The predicted molar refractivity (Wildman–Crippen MR) is 112 cm³/mol. The minimum Gasteiger partial charge on any atom is -0.368 e. The molecule has 5 nitrogen and oxygen atoms in total. The number of anilines is 2. The van der Waals surface area contributed by atoms with E-state index < -0.39 is 5.92 Å². The van der Waals surface area contributed by atoms with Crippen LogP contribution in [0.25, 0.3) is 0 Å². The van der Waals surface area contributed by atoms with Gasteiger partial charge in [0.2, 0.25) is 11.8 Å². The standard InChI is InChI=1S/C22H24ClN3O2/c1-16-3-2-4-19(15-16)24-11-13-25(14-12-24)21(27)20-9-10-26(22(20)28)18-7-5-17(23)6-8-18/h2-8,15,20H,9-14H2,1H3. The van der Waals surface area contributed by atoms with Crippen molar-refractivity contribution in [1.29, 1.82) is 0 Å². The van der Waals surface area contributed by atoms with Crippen molar-refractivity contribution < 1.29 is 9.59 Å². The normalized spacial score (nSPS) is 20.0. The summed E-state index contributed by atoms with van der Waals surface area (Å²) in [6.45, 7) is 5.53. The summed E-state index contributed by atoms with van der Waals surface area (Å²) >= 11 is 5.93. The molecule has 0 N–H and O–H groups in total. The monoisotopic (exact) mass is 397 g/mol. The summed E-state index contributed by atoms with van der Waals surface area (Å²) < 4.78 is 0. The van der Waals surface area contributed by atoms with E-state index >= 15 is 0 Å². The van der Waals surface area contributed by atoms with Crippen LogP contribution in [-0.4, -0.2) is 49.4 Å². The Morgan fingerprint density at radius 3 is 2.36 bits per heavy atom. The lowest BCUT2D eigenvalue weighted by Gasteiger charge is -2.37. The van der Waals surface area contributed by atoms with Crippen LogP contribution in [0.2, 0.25) is 5.02 Å². The van der Waals surface area contributed by atoms with E-state index in [4.69, 9.17) is 11.6 Å². The van der Waals surface area contributed by atoms with Crippen LogP contribution in [0, 0.1) is 12.8 Å². The second-order valence-corrected chi connectivity index (χ2v) is 7.90. The minimum absolute atomic E-state index is 0.0367. The summed E-state index contributed by atoms with van der Waals surface area (Å²) in [6, 6.07) is 15.6. The maximum Gasteiger partial charge on any atom is 0.239 e. The topological polar surface area (TPSA) is 43.9 Å². The number of aryl methyl sites for hydroxylation is 1. The summed E-state index contributed by atoms with van der Waals surface area (Å²) in [5.41, 5.74) is 3.22. The Balaban J connectivity index is 1.38. The lowest BCUT2D eigenvalue weighted by Crippen LogP contribution is -2.51. The quantitative estimate of drug-likeness (QED) is 0.746. The van der Waals surface area contributed by atoms with Gasteiger partial charge in [-0.15, -0.1) is 0 Å². The van der Waals surface area contributed by atoms with Crippen molar-refractivity contribution in [2.75, 3.05) is 42.5 Å². The third-order valence-corrected chi connectivity index (χ3v) is 5.85. The van der Waals surface area contributed by atoms with Crippen molar-refractivity contribution >= 4 is 34.8 Å². The van der Waals surface area contributed by atoms with Gasteiger partial charge in [-0.05, 0) is 55.3 Å².